The highest BCUT2D eigenvalue weighted by Crippen LogP contribution is 2.32. The number of nitrogens with zero attached hydrogens (tertiary/aromatic N) is 2. The van der Waals surface area contributed by atoms with Crippen LogP contribution in [0.3, 0.4) is 0 Å². The highest BCUT2D eigenvalue weighted by atomic mass is 127. The second-order valence-electron chi connectivity index (χ2n) is 2.22. The van der Waals surface area contributed by atoms with Crippen molar-refractivity contribution in [2.24, 2.45) is 0 Å². The summed E-state index contributed by atoms with van der Waals surface area (Å²) in [4.78, 5) is 13.0. The molecule has 4 nitrogen and oxygen atoms in total. The zero-order valence-electron chi connectivity index (χ0n) is 6.38. The Hall–Kier alpha value is -0.380. The summed E-state index contributed by atoms with van der Waals surface area (Å²) in [5, 5.41) is 10.5. The second kappa shape index (κ2) is 4.43. The van der Waals surface area contributed by atoms with E-state index < -0.39 is 22.7 Å². The van der Waals surface area contributed by atoms with Crippen molar-refractivity contribution in [3.63, 3.8) is 0 Å². The van der Waals surface area contributed by atoms with Crippen LogP contribution in [0, 0.1) is 13.7 Å². The zero-order chi connectivity index (χ0) is 10.9. The molecule has 0 bridgehead atoms. The maximum absolute atomic E-state index is 12.4. The van der Waals surface area contributed by atoms with Gasteiger partial charge in [-0.15, -0.1) is 0 Å². The van der Waals surface area contributed by atoms with Gasteiger partial charge < -0.3 is 0 Å². The van der Waals surface area contributed by atoms with Gasteiger partial charge in [0.2, 0.25) is 0 Å². The predicted octanol–water partition coefficient (Wildman–Crippen LogP) is 3.29. The maximum atomic E-state index is 12.4. The van der Waals surface area contributed by atoms with E-state index in [2.05, 4.69) is 20.9 Å². The van der Waals surface area contributed by atoms with Crippen molar-refractivity contribution in [2.75, 3.05) is 0 Å². The van der Waals surface area contributed by atoms with Gasteiger partial charge in [-0.25, -0.2) is 13.8 Å². The number of aromatic nitrogens is 1. The summed E-state index contributed by atoms with van der Waals surface area (Å²) in [6.45, 7) is 0. The van der Waals surface area contributed by atoms with E-state index in [1.807, 2.05) is 0 Å². The summed E-state index contributed by atoms with van der Waals surface area (Å²) >= 11 is 4.51. The number of hydrogen-bond acceptors (Lipinski definition) is 3. The first-order chi connectivity index (χ1) is 6.43. The fourth-order valence-corrected chi connectivity index (χ4v) is 2.44. The molecule has 0 amide bonds. The topological polar surface area (TPSA) is 56.0 Å². The fraction of sp³-hybridized carbons (Fsp3) is 0.167. The molecule has 0 saturated heterocycles. The van der Waals surface area contributed by atoms with Crippen LogP contribution in [0.2, 0.25) is 0 Å². The largest absolute Gasteiger partial charge is 0.309 e. The summed E-state index contributed by atoms with van der Waals surface area (Å²) in [5.74, 6) is 0. The Bertz CT molecular complexity index is 388. The third-order valence-electron chi connectivity index (χ3n) is 1.33. The van der Waals surface area contributed by atoms with Gasteiger partial charge in [-0.3, -0.25) is 10.1 Å². The zero-order valence-corrected chi connectivity index (χ0v) is 10.1. The number of halogens is 4. The van der Waals surface area contributed by atoms with Gasteiger partial charge in [-0.1, -0.05) is 0 Å². The summed E-state index contributed by atoms with van der Waals surface area (Å²) in [6.07, 6.45) is -2.96. The van der Waals surface area contributed by atoms with Crippen LogP contribution in [0.1, 0.15) is 12.1 Å². The van der Waals surface area contributed by atoms with Gasteiger partial charge in [0.05, 0.1) is 8.49 Å². The third-order valence-corrected chi connectivity index (χ3v) is 2.56. The van der Waals surface area contributed by atoms with Gasteiger partial charge in [0.1, 0.15) is 4.60 Å². The van der Waals surface area contributed by atoms with Crippen molar-refractivity contribution in [1.82, 2.24) is 4.98 Å². The summed E-state index contributed by atoms with van der Waals surface area (Å²) in [6, 6.07) is 1.31. The minimum Gasteiger partial charge on any atom is -0.258 e. The highest BCUT2D eigenvalue weighted by molar-refractivity contribution is 14.1. The Labute approximate surface area is 99.1 Å². The Kier molecular flexibility index (Phi) is 3.70. The van der Waals surface area contributed by atoms with E-state index in [1.54, 1.807) is 22.6 Å². The molecule has 76 valence electrons. The first kappa shape index (κ1) is 11.7. The van der Waals surface area contributed by atoms with Crippen LogP contribution >= 0.6 is 38.5 Å². The third kappa shape index (κ3) is 2.35. The van der Waals surface area contributed by atoms with E-state index in [4.69, 9.17) is 0 Å². The van der Waals surface area contributed by atoms with Crippen LogP contribution in [0.4, 0.5) is 14.5 Å². The molecule has 14 heavy (non-hydrogen) atoms. The monoisotopic (exact) mass is 378 g/mol. The number of hydrogen-bond donors (Lipinski definition) is 0. The van der Waals surface area contributed by atoms with Crippen LogP contribution in [0.15, 0.2) is 10.7 Å². The maximum Gasteiger partial charge on any atom is 0.309 e. The molecular formula is C6H2BrF2IN2O2. The predicted molar refractivity (Wildman–Crippen MR) is 56.3 cm³/mol. The molecule has 0 unspecified atom stereocenters. The molecule has 0 aliphatic rings. The van der Waals surface area contributed by atoms with Gasteiger partial charge in [-0.2, -0.15) is 0 Å². The molecule has 0 N–H and O–H groups in total. The molecule has 0 radical (unpaired) electrons. The molecule has 1 aromatic rings. The number of rotatable bonds is 2. The first-order valence-electron chi connectivity index (χ1n) is 3.22. The quantitative estimate of drug-likeness (QED) is 0.343. The molecule has 0 aromatic carbocycles. The van der Waals surface area contributed by atoms with Gasteiger partial charge in [-0.05, 0) is 44.6 Å². The van der Waals surface area contributed by atoms with Crippen LogP contribution in [0.25, 0.3) is 0 Å². The van der Waals surface area contributed by atoms with E-state index in [-0.39, 0.29) is 8.17 Å². The standard InChI is InChI=1S/C6H2BrF2IN2O2/c7-3-1-2(10)5(12(13)14)4(11-3)6(8)9/h1,6H. The van der Waals surface area contributed by atoms with Gasteiger partial charge in [0, 0.05) is 0 Å². The van der Waals surface area contributed by atoms with E-state index >= 15 is 0 Å². The molecule has 0 atom stereocenters. The fourth-order valence-electron chi connectivity index (χ4n) is 0.828. The number of alkyl halides is 2. The van der Waals surface area contributed by atoms with E-state index in [0.717, 1.165) is 0 Å². The second-order valence-corrected chi connectivity index (χ2v) is 4.19. The van der Waals surface area contributed by atoms with Crippen molar-refractivity contribution in [2.45, 2.75) is 6.43 Å². The number of pyridine rings is 1. The Balaban J connectivity index is 3.44. The lowest BCUT2D eigenvalue weighted by Crippen LogP contribution is -2.02. The van der Waals surface area contributed by atoms with E-state index in [9.17, 15) is 18.9 Å². The smallest absolute Gasteiger partial charge is 0.258 e. The van der Waals surface area contributed by atoms with Crippen molar-refractivity contribution < 1.29 is 13.7 Å². The Morgan fingerprint density at radius 2 is 2.21 bits per heavy atom. The van der Waals surface area contributed by atoms with Crippen LogP contribution in [-0.4, -0.2) is 9.91 Å². The molecule has 0 aliphatic heterocycles. The van der Waals surface area contributed by atoms with Crippen molar-refractivity contribution in [3.8, 4) is 0 Å². The van der Waals surface area contributed by atoms with Crippen LogP contribution < -0.4 is 0 Å². The van der Waals surface area contributed by atoms with Crippen molar-refractivity contribution >= 4 is 44.2 Å². The summed E-state index contributed by atoms with van der Waals surface area (Å²) in [5.41, 5.74) is -1.45. The van der Waals surface area contributed by atoms with Crippen LogP contribution in [0.5, 0.6) is 0 Å². The summed E-state index contributed by atoms with van der Waals surface area (Å²) in [7, 11) is 0. The van der Waals surface area contributed by atoms with Crippen LogP contribution in [-0.2, 0) is 0 Å². The van der Waals surface area contributed by atoms with E-state index in [0.29, 0.717) is 0 Å². The normalized spacial score (nSPS) is 10.6. The van der Waals surface area contributed by atoms with Gasteiger partial charge in [0.15, 0.2) is 5.69 Å². The molecule has 1 heterocycles. The molecule has 1 aromatic heterocycles. The lowest BCUT2D eigenvalue weighted by atomic mass is 10.3. The molecule has 8 heteroatoms. The highest BCUT2D eigenvalue weighted by Gasteiger charge is 2.27. The minimum absolute atomic E-state index is 0.129. The average molecular weight is 379 g/mol. The molecule has 0 aliphatic carbocycles. The molecular weight excluding hydrogens is 377 g/mol. The molecule has 0 saturated carbocycles. The lowest BCUT2D eigenvalue weighted by molar-refractivity contribution is -0.387. The molecule has 0 fully saturated rings. The summed E-state index contributed by atoms with van der Waals surface area (Å²) < 4.78 is 25.0. The first-order valence-corrected chi connectivity index (χ1v) is 5.09. The van der Waals surface area contributed by atoms with Crippen molar-refractivity contribution in [1.29, 1.82) is 0 Å². The van der Waals surface area contributed by atoms with E-state index in [1.165, 1.54) is 6.07 Å². The number of nitro groups is 1. The molecule has 0 spiro atoms. The van der Waals surface area contributed by atoms with Gasteiger partial charge >= 0.3 is 5.69 Å². The SMILES string of the molecule is O=[N+]([O-])c1c(I)cc(Br)nc1C(F)F. The lowest BCUT2D eigenvalue weighted by Gasteiger charge is -2.03. The Morgan fingerprint density at radius 1 is 1.64 bits per heavy atom. The van der Waals surface area contributed by atoms with Crippen molar-refractivity contribution in [3.05, 3.63) is 30.0 Å². The molecule has 1 rings (SSSR count). The van der Waals surface area contributed by atoms with Gasteiger partial charge in [0.25, 0.3) is 6.43 Å². The minimum atomic E-state index is -2.96. The average Bonchev–Trinajstić information content (AvgIpc) is 2.01. The Morgan fingerprint density at radius 3 is 2.64 bits per heavy atom.